The van der Waals surface area contributed by atoms with Crippen molar-refractivity contribution in [3.05, 3.63) is 66.5 Å². The molecule has 3 rings (SSSR count). The molecule has 7 nitrogen and oxygen atoms in total. The van der Waals surface area contributed by atoms with Crippen LogP contribution in [0.15, 0.2) is 55.4 Å². The minimum absolute atomic E-state index is 0.0112. The Hall–Kier alpha value is -3.39. The summed E-state index contributed by atoms with van der Waals surface area (Å²) in [6, 6.07) is 8.87. The number of carbonyl (C=O) groups is 1. The summed E-state index contributed by atoms with van der Waals surface area (Å²) >= 11 is 5.32. The van der Waals surface area contributed by atoms with Gasteiger partial charge in [0.25, 0.3) is 0 Å². The Morgan fingerprint density at radius 3 is 2.89 bits per heavy atom. The minimum Gasteiger partial charge on any atom is -0.506 e. The van der Waals surface area contributed by atoms with Crippen LogP contribution in [0, 0.1) is 0 Å². The number of aromatic amines is 1. The fourth-order valence-electron chi connectivity index (χ4n) is 2.57. The fourth-order valence-corrected chi connectivity index (χ4v) is 2.71. The van der Waals surface area contributed by atoms with E-state index in [9.17, 15) is 9.90 Å². The molecule has 0 saturated carbocycles. The Bertz CT molecular complexity index is 999. The molecule has 5 N–H and O–H groups in total. The van der Waals surface area contributed by atoms with Gasteiger partial charge in [0.05, 0.1) is 5.69 Å². The number of pyridine rings is 1. The smallest absolute Gasteiger partial charge is 0.247 e. The molecular formula is C19H19N5O2S. The van der Waals surface area contributed by atoms with Crippen LogP contribution in [-0.2, 0) is 17.9 Å². The first-order chi connectivity index (χ1) is 13.1. The standard InChI is InChI=1S/C19H19N5O2S/c1-2-17(26)24-15-9-12(3-4-16(15)25)10-22-19(27)23-11-13-5-7-20-18-14(13)6-8-21-18/h2-9,25H,1,10-11H2,(H,20,21)(H,24,26)(H2,22,23,27). The number of benzene rings is 1. The van der Waals surface area contributed by atoms with Gasteiger partial charge in [-0.2, -0.15) is 0 Å². The van der Waals surface area contributed by atoms with Crippen LogP contribution in [0.25, 0.3) is 11.0 Å². The number of thiocarbonyl (C=S) groups is 1. The van der Waals surface area contributed by atoms with Gasteiger partial charge in [-0.05, 0) is 53.7 Å². The zero-order valence-electron chi connectivity index (χ0n) is 14.5. The van der Waals surface area contributed by atoms with E-state index in [1.54, 1.807) is 18.3 Å². The van der Waals surface area contributed by atoms with Crippen molar-refractivity contribution in [1.29, 1.82) is 0 Å². The van der Waals surface area contributed by atoms with E-state index in [0.717, 1.165) is 28.2 Å². The van der Waals surface area contributed by atoms with Crippen LogP contribution in [0.2, 0.25) is 0 Å². The molecule has 0 spiro atoms. The molecule has 0 aliphatic rings. The van der Waals surface area contributed by atoms with E-state index in [2.05, 4.69) is 32.5 Å². The number of fused-ring (bicyclic) bond motifs is 1. The number of carbonyl (C=O) groups excluding carboxylic acids is 1. The molecule has 2 heterocycles. The van der Waals surface area contributed by atoms with Crippen molar-refractivity contribution in [2.45, 2.75) is 13.1 Å². The van der Waals surface area contributed by atoms with E-state index in [0.29, 0.717) is 23.9 Å². The van der Waals surface area contributed by atoms with Crippen LogP contribution < -0.4 is 16.0 Å². The average Bonchev–Trinajstić information content (AvgIpc) is 3.16. The highest BCUT2D eigenvalue weighted by Gasteiger charge is 2.07. The van der Waals surface area contributed by atoms with Crippen LogP contribution in [-0.4, -0.2) is 26.1 Å². The molecule has 1 amide bonds. The zero-order valence-corrected chi connectivity index (χ0v) is 15.3. The van der Waals surface area contributed by atoms with Crippen LogP contribution in [0.4, 0.5) is 5.69 Å². The fraction of sp³-hybridized carbons (Fsp3) is 0.105. The number of hydrogen-bond donors (Lipinski definition) is 5. The first-order valence-electron chi connectivity index (χ1n) is 8.25. The molecule has 27 heavy (non-hydrogen) atoms. The summed E-state index contributed by atoms with van der Waals surface area (Å²) in [4.78, 5) is 18.7. The summed E-state index contributed by atoms with van der Waals surface area (Å²) in [5, 5.41) is 20.2. The Kier molecular flexibility index (Phi) is 5.68. The third kappa shape index (κ3) is 4.62. The second-order valence-electron chi connectivity index (χ2n) is 5.79. The predicted octanol–water partition coefficient (Wildman–Crippen LogP) is 2.56. The zero-order chi connectivity index (χ0) is 19.2. The maximum Gasteiger partial charge on any atom is 0.247 e. The van der Waals surface area contributed by atoms with Crippen LogP contribution in [0.1, 0.15) is 11.1 Å². The number of nitrogens with zero attached hydrogens (tertiary/aromatic N) is 1. The van der Waals surface area contributed by atoms with Gasteiger partial charge in [0, 0.05) is 30.9 Å². The van der Waals surface area contributed by atoms with Crippen molar-refractivity contribution in [3.63, 3.8) is 0 Å². The molecule has 138 valence electrons. The quantitative estimate of drug-likeness (QED) is 0.256. The number of amides is 1. The molecule has 0 aliphatic heterocycles. The summed E-state index contributed by atoms with van der Waals surface area (Å²) in [6.07, 6.45) is 4.75. The Balaban J connectivity index is 1.56. The number of phenolic OH excluding ortho intramolecular Hbond substituents is 1. The number of aromatic hydroxyl groups is 1. The van der Waals surface area contributed by atoms with E-state index in [1.807, 2.05) is 18.3 Å². The highest BCUT2D eigenvalue weighted by atomic mass is 32.1. The van der Waals surface area contributed by atoms with E-state index in [1.165, 1.54) is 6.07 Å². The lowest BCUT2D eigenvalue weighted by molar-refractivity contribution is -0.111. The number of anilines is 1. The number of rotatable bonds is 6. The summed E-state index contributed by atoms with van der Waals surface area (Å²) < 4.78 is 0. The lowest BCUT2D eigenvalue weighted by Gasteiger charge is -2.12. The lowest BCUT2D eigenvalue weighted by atomic mass is 10.2. The molecule has 0 bridgehead atoms. The largest absolute Gasteiger partial charge is 0.506 e. The molecule has 0 aliphatic carbocycles. The first kappa shape index (κ1) is 18.4. The molecule has 8 heteroatoms. The Labute approximate surface area is 161 Å². The van der Waals surface area contributed by atoms with Gasteiger partial charge in [0.15, 0.2) is 5.11 Å². The summed E-state index contributed by atoms with van der Waals surface area (Å²) in [6.45, 7) is 4.40. The van der Waals surface area contributed by atoms with Crippen LogP contribution in [0.3, 0.4) is 0 Å². The molecule has 0 atom stereocenters. The maximum atomic E-state index is 11.4. The first-order valence-corrected chi connectivity index (χ1v) is 8.65. The highest BCUT2D eigenvalue weighted by molar-refractivity contribution is 7.80. The van der Waals surface area contributed by atoms with Crippen LogP contribution >= 0.6 is 12.2 Å². The maximum absolute atomic E-state index is 11.4. The second kappa shape index (κ2) is 8.33. The molecule has 2 aromatic heterocycles. The molecule has 0 radical (unpaired) electrons. The molecular weight excluding hydrogens is 362 g/mol. The Morgan fingerprint density at radius 1 is 1.26 bits per heavy atom. The molecule has 0 fully saturated rings. The summed E-state index contributed by atoms with van der Waals surface area (Å²) in [7, 11) is 0. The number of hydrogen-bond acceptors (Lipinski definition) is 4. The third-order valence-electron chi connectivity index (χ3n) is 3.95. The van der Waals surface area contributed by atoms with E-state index in [4.69, 9.17) is 12.2 Å². The van der Waals surface area contributed by atoms with Crippen molar-refractivity contribution in [1.82, 2.24) is 20.6 Å². The lowest BCUT2D eigenvalue weighted by Crippen LogP contribution is -2.34. The molecule has 1 aromatic carbocycles. The van der Waals surface area contributed by atoms with Crippen molar-refractivity contribution in [2.75, 3.05) is 5.32 Å². The third-order valence-corrected chi connectivity index (χ3v) is 4.24. The minimum atomic E-state index is -0.388. The van der Waals surface area contributed by atoms with Gasteiger partial charge in [-0.1, -0.05) is 12.6 Å². The summed E-state index contributed by atoms with van der Waals surface area (Å²) in [5.74, 6) is -0.399. The average molecular weight is 381 g/mol. The van der Waals surface area contributed by atoms with Crippen LogP contribution in [0.5, 0.6) is 5.75 Å². The molecule has 0 saturated heterocycles. The van der Waals surface area contributed by atoms with E-state index >= 15 is 0 Å². The van der Waals surface area contributed by atoms with Crippen molar-refractivity contribution in [3.8, 4) is 5.75 Å². The van der Waals surface area contributed by atoms with Gasteiger partial charge in [0.2, 0.25) is 5.91 Å². The van der Waals surface area contributed by atoms with E-state index in [-0.39, 0.29) is 11.7 Å². The summed E-state index contributed by atoms with van der Waals surface area (Å²) in [5.41, 5.74) is 3.11. The van der Waals surface area contributed by atoms with Gasteiger partial charge in [-0.15, -0.1) is 0 Å². The second-order valence-corrected chi connectivity index (χ2v) is 6.20. The Morgan fingerprint density at radius 2 is 2.07 bits per heavy atom. The van der Waals surface area contributed by atoms with Gasteiger partial charge >= 0.3 is 0 Å². The number of nitrogens with one attached hydrogen (secondary N) is 4. The van der Waals surface area contributed by atoms with Gasteiger partial charge in [-0.25, -0.2) is 4.98 Å². The monoisotopic (exact) mass is 381 g/mol. The number of aromatic nitrogens is 2. The molecule has 3 aromatic rings. The topological polar surface area (TPSA) is 102 Å². The van der Waals surface area contributed by atoms with Gasteiger partial charge in [0.1, 0.15) is 11.4 Å². The normalized spacial score (nSPS) is 10.4. The van der Waals surface area contributed by atoms with Crippen molar-refractivity contribution < 1.29 is 9.90 Å². The van der Waals surface area contributed by atoms with Gasteiger partial charge < -0.3 is 26.0 Å². The molecule has 0 unspecified atom stereocenters. The highest BCUT2D eigenvalue weighted by Crippen LogP contribution is 2.24. The van der Waals surface area contributed by atoms with Crippen molar-refractivity contribution in [2.24, 2.45) is 0 Å². The van der Waals surface area contributed by atoms with Crippen molar-refractivity contribution >= 4 is 40.0 Å². The predicted molar refractivity (Wildman–Crippen MR) is 109 cm³/mol. The number of phenols is 1. The SMILES string of the molecule is C=CC(=O)Nc1cc(CNC(=S)NCc2ccnc3[nH]ccc23)ccc1O. The van der Waals surface area contributed by atoms with E-state index < -0.39 is 0 Å². The van der Waals surface area contributed by atoms with Gasteiger partial charge in [-0.3, -0.25) is 4.79 Å². The number of H-pyrrole nitrogens is 1.